The fourth-order valence-corrected chi connectivity index (χ4v) is 1.29. The van der Waals surface area contributed by atoms with Crippen LogP contribution in [0.25, 0.3) is 0 Å². The minimum atomic E-state index is -0.413. The number of carbonyl (C=O) groups is 1. The molecule has 0 spiro atoms. The molecule has 17 heavy (non-hydrogen) atoms. The topological polar surface area (TPSA) is 38.3 Å². The molecule has 0 saturated carbocycles. The van der Waals surface area contributed by atoms with Crippen LogP contribution >= 0.6 is 0 Å². The summed E-state index contributed by atoms with van der Waals surface area (Å²) in [5, 5.41) is 2.75. The third-order valence-electron chi connectivity index (χ3n) is 2.53. The van der Waals surface area contributed by atoms with Crippen molar-refractivity contribution in [1.29, 1.82) is 0 Å². The molecule has 4 heteroatoms. The first-order valence-electron chi connectivity index (χ1n) is 5.71. The molecule has 0 radical (unpaired) electrons. The lowest BCUT2D eigenvalue weighted by molar-refractivity contribution is -0.123. The van der Waals surface area contributed by atoms with Gasteiger partial charge < -0.3 is 10.1 Å². The van der Waals surface area contributed by atoms with Crippen LogP contribution in [-0.4, -0.2) is 18.6 Å². The number of rotatable bonds is 5. The van der Waals surface area contributed by atoms with Crippen molar-refractivity contribution in [2.75, 3.05) is 6.61 Å². The van der Waals surface area contributed by atoms with Crippen molar-refractivity contribution in [3.05, 3.63) is 29.6 Å². The Hall–Kier alpha value is -1.58. The van der Waals surface area contributed by atoms with E-state index in [-0.39, 0.29) is 24.3 Å². The predicted molar refractivity (Wildman–Crippen MR) is 64.5 cm³/mol. The monoisotopic (exact) mass is 239 g/mol. The number of hydrogen-bond donors (Lipinski definition) is 1. The van der Waals surface area contributed by atoms with Crippen molar-refractivity contribution in [2.45, 2.75) is 33.2 Å². The molecule has 0 heterocycles. The number of halogens is 1. The van der Waals surface area contributed by atoms with E-state index in [9.17, 15) is 9.18 Å². The third-order valence-corrected chi connectivity index (χ3v) is 2.53. The van der Waals surface area contributed by atoms with Gasteiger partial charge in [0, 0.05) is 6.04 Å². The smallest absolute Gasteiger partial charge is 0.258 e. The first-order chi connectivity index (χ1) is 8.04. The molecule has 1 aromatic rings. The third kappa shape index (κ3) is 4.06. The number of hydrogen-bond acceptors (Lipinski definition) is 2. The Bertz CT molecular complexity index is 393. The molecule has 0 aliphatic carbocycles. The average Bonchev–Trinajstić information content (AvgIpc) is 2.31. The molecular weight excluding hydrogens is 221 g/mol. The van der Waals surface area contributed by atoms with Gasteiger partial charge in [0.15, 0.2) is 18.2 Å². The average molecular weight is 239 g/mol. The van der Waals surface area contributed by atoms with Crippen LogP contribution in [0, 0.1) is 12.7 Å². The lowest BCUT2D eigenvalue weighted by atomic mass is 10.2. The minimum absolute atomic E-state index is 0.105. The molecule has 0 aliphatic heterocycles. The Morgan fingerprint density at radius 1 is 1.53 bits per heavy atom. The van der Waals surface area contributed by atoms with Gasteiger partial charge in [0.25, 0.3) is 5.91 Å². The summed E-state index contributed by atoms with van der Waals surface area (Å²) in [5.74, 6) is -0.534. The van der Waals surface area contributed by atoms with Crippen molar-refractivity contribution in [2.24, 2.45) is 0 Å². The van der Waals surface area contributed by atoms with E-state index < -0.39 is 5.82 Å². The zero-order valence-electron chi connectivity index (χ0n) is 10.4. The molecule has 0 fully saturated rings. The Morgan fingerprint density at radius 3 is 2.88 bits per heavy atom. The number of ether oxygens (including phenoxy) is 1. The van der Waals surface area contributed by atoms with Crippen molar-refractivity contribution < 1.29 is 13.9 Å². The van der Waals surface area contributed by atoms with Gasteiger partial charge in [-0.25, -0.2) is 4.39 Å². The van der Waals surface area contributed by atoms with E-state index >= 15 is 0 Å². The number of aryl methyl sites for hydroxylation is 1. The molecule has 0 bridgehead atoms. The summed E-state index contributed by atoms with van der Waals surface area (Å²) in [4.78, 5) is 11.4. The van der Waals surface area contributed by atoms with Crippen molar-refractivity contribution in [3.63, 3.8) is 0 Å². The highest BCUT2D eigenvalue weighted by molar-refractivity contribution is 5.77. The molecule has 0 saturated heterocycles. The molecule has 1 aromatic carbocycles. The van der Waals surface area contributed by atoms with Crippen LogP contribution in [0.4, 0.5) is 4.39 Å². The maximum Gasteiger partial charge on any atom is 0.258 e. The van der Waals surface area contributed by atoms with E-state index in [1.165, 1.54) is 6.07 Å². The largest absolute Gasteiger partial charge is 0.481 e. The molecule has 1 rings (SSSR count). The van der Waals surface area contributed by atoms with Crippen LogP contribution in [0.2, 0.25) is 0 Å². The summed E-state index contributed by atoms with van der Waals surface area (Å²) >= 11 is 0. The van der Waals surface area contributed by atoms with Crippen LogP contribution in [-0.2, 0) is 4.79 Å². The fourth-order valence-electron chi connectivity index (χ4n) is 1.29. The normalized spacial score (nSPS) is 12.0. The Morgan fingerprint density at radius 2 is 2.24 bits per heavy atom. The summed E-state index contributed by atoms with van der Waals surface area (Å²) in [7, 11) is 0. The van der Waals surface area contributed by atoms with Gasteiger partial charge in [-0.15, -0.1) is 0 Å². The maximum atomic E-state index is 13.5. The van der Waals surface area contributed by atoms with Crippen molar-refractivity contribution in [3.8, 4) is 5.75 Å². The van der Waals surface area contributed by atoms with Gasteiger partial charge >= 0.3 is 0 Å². The molecule has 1 atom stereocenters. The molecular formula is C13H18FNO2. The SMILES string of the molecule is CCC(C)NC(=O)COc1cccc(C)c1F. The fraction of sp³-hybridized carbons (Fsp3) is 0.462. The highest BCUT2D eigenvalue weighted by Crippen LogP contribution is 2.19. The van der Waals surface area contributed by atoms with E-state index in [0.717, 1.165) is 6.42 Å². The van der Waals surface area contributed by atoms with E-state index in [2.05, 4.69) is 5.32 Å². The standard InChI is InChI=1S/C13H18FNO2/c1-4-10(3)15-12(16)8-17-11-7-5-6-9(2)13(11)14/h5-7,10H,4,8H2,1-3H3,(H,15,16). The molecule has 0 aliphatic rings. The van der Waals surface area contributed by atoms with E-state index in [4.69, 9.17) is 4.74 Å². The molecule has 1 unspecified atom stereocenters. The molecule has 94 valence electrons. The second-order valence-electron chi connectivity index (χ2n) is 4.05. The van der Waals surface area contributed by atoms with Crippen LogP contribution in [0.3, 0.4) is 0 Å². The summed E-state index contributed by atoms with van der Waals surface area (Å²) in [5.41, 5.74) is 0.504. The number of carbonyl (C=O) groups excluding carboxylic acids is 1. The van der Waals surface area contributed by atoms with Gasteiger partial charge in [0.2, 0.25) is 0 Å². The lowest BCUT2D eigenvalue weighted by Crippen LogP contribution is -2.35. The number of nitrogens with one attached hydrogen (secondary N) is 1. The Balaban J connectivity index is 2.50. The van der Waals surface area contributed by atoms with Gasteiger partial charge in [-0.05, 0) is 31.9 Å². The van der Waals surface area contributed by atoms with Gasteiger partial charge in [-0.2, -0.15) is 0 Å². The molecule has 3 nitrogen and oxygen atoms in total. The molecule has 1 amide bonds. The maximum absolute atomic E-state index is 13.5. The summed E-state index contributed by atoms with van der Waals surface area (Å²) < 4.78 is 18.7. The van der Waals surface area contributed by atoms with Gasteiger partial charge in [0.05, 0.1) is 0 Å². The lowest BCUT2D eigenvalue weighted by Gasteiger charge is -2.12. The first-order valence-corrected chi connectivity index (χ1v) is 5.71. The molecule has 0 aromatic heterocycles. The molecule has 1 N–H and O–H groups in total. The van der Waals surface area contributed by atoms with Gasteiger partial charge in [-0.1, -0.05) is 19.1 Å². The summed E-state index contributed by atoms with van der Waals surface area (Å²) in [6.45, 7) is 5.38. The second kappa shape index (κ2) is 6.23. The highest BCUT2D eigenvalue weighted by atomic mass is 19.1. The van der Waals surface area contributed by atoms with Gasteiger partial charge in [0.1, 0.15) is 0 Å². The van der Waals surface area contributed by atoms with Crippen LogP contribution in [0.15, 0.2) is 18.2 Å². The van der Waals surface area contributed by atoms with Gasteiger partial charge in [-0.3, -0.25) is 4.79 Å². The predicted octanol–water partition coefficient (Wildman–Crippen LogP) is 2.43. The summed E-state index contributed by atoms with van der Waals surface area (Å²) in [6.07, 6.45) is 0.852. The van der Waals surface area contributed by atoms with Crippen LogP contribution in [0.1, 0.15) is 25.8 Å². The minimum Gasteiger partial charge on any atom is -0.481 e. The van der Waals surface area contributed by atoms with Crippen molar-refractivity contribution in [1.82, 2.24) is 5.32 Å². The number of amides is 1. The van der Waals surface area contributed by atoms with E-state index in [1.807, 2.05) is 13.8 Å². The van der Waals surface area contributed by atoms with E-state index in [0.29, 0.717) is 5.56 Å². The Labute approximate surface area is 101 Å². The second-order valence-corrected chi connectivity index (χ2v) is 4.05. The number of benzene rings is 1. The van der Waals surface area contributed by atoms with E-state index in [1.54, 1.807) is 19.1 Å². The first kappa shape index (κ1) is 13.5. The van der Waals surface area contributed by atoms with Crippen LogP contribution < -0.4 is 10.1 Å². The van der Waals surface area contributed by atoms with Crippen molar-refractivity contribution >= 4 is 5.91 Å². The summed E-state index contributed by atoms with van der Waals surface area (Å²) in [6, 6.07) is 4.97. The highest BCUT2D eigenvalue weighted by Gasteiger charge is 2.09. The Kier molecular flexibility index (Phi) is 4.94. The zero-order valence-corrected chi connectivity index (χ0v) is 10.4. The zero-order chi connectivity index (χ0) is 12.8. The quantitative estimate of drug-likeness (QED) is 0.857. The van der Waals surface area contributed by atoms with Crippen LogP contribution in [0.5, 0.6) is 5.75 Å².